The molecule has 0 radical (unpaired) electrons. The summed E-state index contributed by atoms with van der Waals surface area (Å²) in [4.78, 5) is 0. The highest BCUT2D eigenvalue weighted by atomic mass is 19.1. The van der Waals surface area contributed by atoms with E-state index < -0.39 is 0 Å². The van der Waals surface area contributed by atoms with E-state index in [0.29, 0.717) is 5.56 Å². The maximum absolute atomic E-state index is 13.4. The first-order chi connectivity index (χ1) is 8.65. The van der Waals surface area contributed by atoms with Crippen molar-refractivity contribution in [3.63, 3.8) is 0 Å². The second kappa shape index (κ2) is 5.70. The maximum Gasteiger partial charge on any atom is 0.128 e. The van der Waals surface area contributed by atoms with Crippen molar-refractivity contribution in [3.8, 4) is 0 Å². The van der Waals surface area contributed by atoms with Crippen molar-refractivity contribution < 1.29 is 9.50 Å². The van der Waals surface area contributed by atoms with Crippen LogP contribution in [0, 0.1) is 18.2 Å². The third-order valence-corrected chi connectivity index (χ3v) is 4.09. The topological polar surface area (TPSA) is 32.3 Å². The number of anilines is 1. The Labute approximate surface area is 108 Å². The molecule has 0 aromatic heterocycles. The molecule has 0 spiro atoms. The number of aliphatic hydroxyl groups excluding tert-OH is 1. The summed E-state index contributed by atoms with van der Waals surface area (Å²) >= 11 is 0. The molecule has 0 unspecified atom stereocenters. The lowest BCUT2D eigenvalue weighted by atomic mass is 9.74. The van der Waals surface area contributed by atoms with Gasteiger partial charge in [0.05, 0.1) is 6.61 Å². The zero-order valence-electron chi connectivity index (χ0n) is 11.0. The van der Waals surface area contributed by atoms with Crippen molar-refractivity contribution in [1.29, 1.82) is 0 Å². The summed E-state index contributed by atoms with van der Waals surface area (Å²) in [6.45, 7) is 2.70. The molecule has 0 amide bonds. The lowest BCUT2D eigenvalue weighted by Gasteiger charge is -2.36. The van der Waals surface area contributed by atoms with E-state index in [1.54, 1.807) is 13.0 Å². The number of halogens is 1. The van der Waals surface area contributed by atoms with Crippen molar-refractivity contribution in [2.24, 2.45) is 5.41 Å². The molecule has 1 fully saturated rings. The number of aliphatic hydroxyl groups is 1. The van der Waals surface area contributed by atoms with Crippen LogP contribution in [0.4, 0.5) is 10.1 Å². The molecule has 1 aliphatic rings. The average molecular weight is 251 g/mol. The van der Waals surface area contributed by atoms with Crippen LogP contribution in [-0.2, 0) is 0 Å². The Bertz CT molecular complexity index is 399. The highest BCUT2D eigenvalue weighted by molar-refractivity contribution is 5.45. The second-order valence-corrected chi connectivity index (χ2v) is 5.54. The molecule has 2 nitrogen and oxygen atoms in total. The van der Waals surface area contributed by atoms with Gasteiger partial charge in [-0.25, -0.2) is 4.39 Å². The van der Waals surface area contributed by atoms with Crippen molar-refractivity contribution in [1.82, 2.24) is 0 Å². The molecule has 0 atom stereocenters. The van der Waals surface area contributed by atoms with Gasteiger partial charge in [0.25, 0.3) is 0 Å². The maximum atomic E-state index is 13.4. The van der Waals surface area contributed by atoms with Gasteiger partial charge < -0.3 is 10.4 Å². The standard InChI is InChI=1S/C15H22FNO/c1-12-5-6-13(9-14(12)16)17-10-15(11-18)7-3-2-4-8-15/h5-6,9,17-18H,2-4,7-8,10-11H2,1H3. The van der Waals surface area contributed by atoms with Crippen molar-refractivity contribution in [2.45, 2.75) is 39.0 Å². The third-order valence-electron chi connectivity index (χ3n) is 4.09. The van der Waals surface area contributed by atoms with Crippen molar-refractivity contribution >= 4 is 5.69 Å². The summed E-state index contributed by atoms with van der Waals surface area (Å²) in [6, 6.07) is 5.21. The summed E-state index contributed by atoms with van der Waals surface area (Å²) in [5.41, 5.74) is 1.45. The number of benzene rings is 1. The van der Waals surface area contributed by atoms with Crippen LogP contribution in [0.15, 0.2) is 18.2 Å². The van der Waals surface area contributed by atoms with Gasteiger partial charge in [0.15, 0.2) is 0 Å². The Kier molecular flexibility index (Phi) is 4.23. The highest BCUT2D eigenvalue weighted by Gasteiger charge is 2.31. The van der Waals surface area contributed by atoms with Gasteiger partial charge in [0.1, 0.15) is 5.82 Å². The molecule has 2 N–H and O–H groups in total. The smallest absolute Gasteiger partial charge is 0.128 e. The van der Waals surface area contributed by atoms with Gasteiger partial charge >= 0.3 is 0 Å². The molecular weight excluding hydrogens is 229 g/mol. The molecule has 1 aromatic carbocycles. The van der Waals surface area contributed by atoms with Gasteiger partial charge in [0, 0.05) is 17.6 Å². The van der Waals surface area contributed by atoms with Crippen LogP contribution in [0.2, 0.25) is 0 Å². The van der Waals surface area contributed by atoms with Gasteiger partial charge in [0.2, 0.25) is 0 Å². The van der Waals surface area contributed by atoms with Crippen LogP contribution >= 0.6 is 0 Å². The van der Waals surface area contributed by atoms with Crippen LogP contribution in [-0.4, -0.2) is 18.3 Å². The molecule has 1 saturated carbocycles. The van der Waals surface area contributed by atoms with E-state index in [9.17, 15) is 9.50 Å². The first-order valence-electron chi connectivity index (χ1n) is 6.76. The lowest BCUT2D eigenvalue weighted by Crippen LogP contribution is -2.35. The van der Waals surface area contributed by atoms with Gasteiger partial charge in [-0.05, 0) is 37.5 Å². The van der Waals surface area contributed by atoms with Crippen LogP contribution in [0.1, 0.15) is 37.7 Å². The fourth-order valence-corrected chi connectivity index (χ4v) is 2.68. The van der Waals surface area contributed by atoms with Gasteiger partial charge in [-0.3, -0.25) is 0 Å². The Morgan fingerprint density at radius 2 is 2.00 bits per heavy atom. The molecule has 18 heavy (non-hydrogen) atoms. The first-order valence-corrected chi connectivity index (χ1v) is 6.76. The number of aryl methyl sites for hydroxylation is 1. The highest BCUT2D eigenvalue weighted by Crippen LogP contribution is 2.36. The lowest BCUT2D eigenvalue weighted by molar-refractivity contribution is 0.0944. The average Bonchev–Trinajstić information content (AvgIpc) is 2.41. The van der Waals surface area contributed by atoms with Crippen LogP contribution in [0.5, 0.6) is 0 Å². The van der Waals surface area contributed by atoms with E-state index in [0.717, 1.165) is 25.1 Å². The molecule has 1 aromatic rings. The number of nitrogens with one attached hydrogen (secondary N) is 1. The molecule has 2 rings (SSSR count). The Balaban J connectivity index is 1.98. The molecule has 3 heteroatoms. The first kappa shape index (κ1) is 13.3. The Morgan fingerprint density at radius 1 is 1.28 bits per heavy atom. The molecule has 0 bridgehead atoms. The monoisotopic (exact) mass is 251 g/mol. The largest absolute Gasteiger partial charge is 0.396 e. The molecule has 0 heterocycles. The normalized spacial score (nSPS) is 18.6. The number of hydrogen-bond donors (Lipinski definition) is 2. The zero-order valence-corrected chi connectivity index (χ0v) is 11.0. The van der Waals surface area contributed by atoms with Crippen molar-refractivity contribution in [3.05, 3.63) is 29.6 Å². The van der Waals surface area contributed by atoms with E-state index in [-0.39, 0.29) is 17.8 Å². The molecule has 0 aliphatic heterocycles. The summed E-state index contributed by atoms with van der Waals surface area (Å²) in [5, 5.41) is 12.9. The molecule has 100 valence electrons. The van der Waals surface area contributed by atoms with Gasteiger partial charge in [-0.2, -0.15) is 0 Å². The zero-order chi connectivity index (χ0) is 13.0. The van der Waals surface area contributed by atoms with E-state index in [1.165, 1.54) is 25.3 Å². The van der Waals surface area contributed by atoms with E-state index in [4.69, 9.17) is 0 Å². The summed E-state index contributed by atoms with van der Waals surface area (Å²) < 4.78 is 13.4. The number of hydrogen-bond acceptors (Lipinski definition) is 2. The van der Waals surface area contributed by atoms with Gasteiger partial charge in [-0.1, -0.05) is 25.3 Å². The van der Waals surface area contributed by atoms with Gasteiger partial charge in [-0.15, -0.1) is 0 Å². The minimum atomic E-state index is -0.179. The van der Waals surface area contributed by atoms with Crippen LogP contribution < -0.4 is 5.32 Å². The second-order valence-electron chi connectivity index (χ2n) is 5.54. The predicted molar refractivity (Wildman–Crippen MR) is 72.2 cm³/mol. The molecule has 1 aliphatic carbocycles. The number of rotatable bonds is 4. The molecule has 0 saturated heterocycles. The SMILES string of the molecule is Cc1ccc(NCC2(CO)CCCCC2)cc1F. The van der Waals surface area contributed by atoms with E-state index in [1.807, 2.05) is 6.07 Å². The fourth-order valence-electron chi connectivity index (χ4n) is 2.68. The molecular formula is C15H22FNO. The predicted octanol–water partition coefficient (Wildman–Crippen LogP) is 3.49. The van der Waals surface area contributed by atoms with Crippen LogP contribution in [0.25, 0.3) is 0 Å². The fraction of sp³-hybridized carbons (Fsp3) is 0.600. The minimum absolute atomic E-state index is 0.0143. The van der Waals surface area contributed by atoms with Crippen LogP contribution in [0.3, 0.4) is 0 Å². The Hall–Kier alpha value is -1.09. The van der Waals surface area contributed by atoms with E-state index >= 15 is 0 Å². The summed E-state index contributed by atoms with van der Waals surface area (Å²) in [5.74, 6) is -0.179. The minimum Gasteiger partial charge on any atom is -0.396 e. The van der Waals surface area contributed by atoms with Crippen molar-refractivity contribution in [2.75, 3.05) is 18.5 Å². The quantitative estimate of drug-likeness (QED) is 0.858. The Morgan fingerprint density at radius 3 is 2.61 bits per heavy atom. The van der Waals surface area contributed by atoms with E-state index in [2.05, 4.69) is 5.32 Å². The third kappa shape index (κ3) is 3.02. The summed E-state index contributed by atoms with van der Waals surface area (Å²) in [6.07, 6.45) is 5.76. The summed E-state index contributed by atoms with van der Waals surface area (Å²) in [7, 11) is 0.